The van der Waals surface area contributed by atoms with Crippen LogP contribution in [0.4, 0.5) is 30.6 Å². The molecule has 0 heterocycles. The summed E-state index contributed by atoms with van der Waals surface area (Å²) >= 11 is 0. The Bertz CT molecular complexity index is 876. The van der Waals surface area contributed by atoms with Gasteiger partial charge in [-0.2, -0.15) is 0 Å². The van der Waals surface area contributed by atoms with Crippen molar-refractivity contribution in [1.82, 2.24) is 5.32 Å². The average molecular weight is 476 g/mol. The van der Waals surface area contributed by atoms with Crippen molar-refractivity contribution in [3.63, 3.8) is 0 Å². The zero-order chi connectivity index (χ0) is 21.6. The van der Waals surface area contributed by atoms with Gasteiger partial charge in [-0.1, -0.05) is 6.58 Å². The summed E-state index contributed by atoms with van der Waals surface area (Å²) in [7, 11) is 1.43. The molecule has 1 radical (unpaired) electrons. The molecular formula is C22H35F2N4O2V-. The second kappa shape index (κ2) is 12.2. The Balaban J connectivity index is -0.000000900. The number of nitrogen functional groups attached to an aromatic ring is 1. The van der Waals surface area contributed by atoms with E-state index < -0.39 is 17.5 Å². The molecule has 0 saturated heterocycles. The van der Waals surface area contributed by atoms with Crippen LogP contribution in [0.5, 0.6) is 5.75 Å². The zero-order valence-electron chi connectivity index (χ0n) is 18.2. The van der Waals surface area contributed by atoms with Crippen LogP contribution in [0.25, 0.3) is 5.70 Å². The Morgan fingerprint density at radius 2 is 1.74 bits per heavy atom. The quantitative estimate of drug-likeness (QED) is 0.280. The summed E-state index contributed by atoms with van der Waals surface area (Å²) in [6, 6.07) is 9.05. The van der Waals surface area contributed by atoms with Crippen molar-refractivity contribution < 1.29 is 41.1 Å². The van der Waals surface area contributed by atoms with E-state index in [0.717, 1.165) is 0 Å². The smallest absolute Gasteiger partial charge is 0.319 e. The van der Waals surface area contributed by atoms with Gasteiger partial charge in [0.25, 0.3) is 0 Å². The molecule has 2 aromatic carbocycles. The van der Waals surface area contributed by atoms with Gasteiger partial charge in [0.2, 0.25) is 0 Å². The third-order valence-electron chi connectivity index (χ3n) is 4.07. The number of nitrogens with two attached hydrogens (primary N) is 1. The van der Waals surface area contributed by atoms with E-state index in [4.69, 9.17) is 10.5 Å². The predicted molar refractivity (Wildman–Crippen MR) is 126 cm³/mol. The van der Waals surface area contributed by atoms with Crippen LogP contribution >= 0.6 is 0 Å². The second-order valence-corrected chi connectivity index (χ2v) is 7.10. The number of methoxy groups -OCH3 is 1. The molecular weight excluding hydrogens is 441 g/mol. The van der Waals surface area contributed by atoms with Gasteiger partial charge < -0.3 is 33.8 Å². The molecule has 2 amide bonds. The molecule has 0 aliphatic heterocycles. The van der Waals surface area contributed by atoms with E-state index in [1.807, 2.05) is 0 Å². The van der Waals surface area contributed by atoms with Crippen LogP contribution in [0.15, 0.2) is 43.0 Å². The first-order chi connectivity index (χ1) is 13.6. The summed E-state index contributed by atoms with van der Waals surface area (Å²) < 4.78 is 32.7. The molecule has 0 bridgehead atoms. The van der Waals surface area contributed by atoms with E-state index in [2.05, 4.69) is 22.5 Å². The van der Waals surface area contributed by atoms with Crippen molar-refractivity contribution in [2.45, 2.75) is 25.9 Å². The summed E-state index contributed by atoms with van der Waals surface area (Å²) in [6.45, 7) is 6.98. The zero-order valence-corrected chi connectivity index (χ0v) is 19.6. The number of halogens is 2. The van der Waals surface area contributed by atoms with Crippen LogP contribution in [-0.2, 0) is 18.6 Å². The van der Waals surface area contributed by atoms with E-state index in [-0.39, 0.29) is 60.2 Å². The second-order valence-electron chi connectivity index (χ2n) is 7.10. The predicted octanol–water partition coefficient (Wildman–Crippen LogP) is 5.94. The Hall–Kier alpha value is -2.71. The molecule has 2 rings (SSSR count). The Labute approximate surface area is 199 Å². The number of benzene rings is 2. The first-order valence-corrected chi connectivity index (χ1v) is 9.02. The molecule has 6 nitrogen and oxygen atoms in total. The summed E-state index contributed by atoms with van der Waals surface area (Å²) in [6.07, 6.45) is 0.219. The van der Waals surface area contributed by atoms with E-state index in [0.29, 0.717) is 17.1 Å². The van der Waals surface area contributed by atoms with E-state index in [1.54, 1.807) is 24.3 Å². The van der Waals surface area contributed by atoms with E-state index in [1.165, 1.54) is 33.1 Å². The van der Waals surface area contributed by atoms with Gasteiger partial charge in [0.1, 0.15) is 17.2 Å². The number of nitrogens with one attached hydrogen (secondary N) is 3. The topological polar surface area (TPSA) is 88.4 Å². The van der Waals surface area contributed by atoms with Gasteiger partial charge in [0.15, 0.2) is 0 Å². The maximum atomic E-state index is 14.3. The Morgan fingerprint density at radius 1 is 1.19 bits per heavy atom. The Morgan fingerprint density at radius 3 is 2.23 bits per heavy atom. The minimum Gasteiger partial charge on any atom is -0.497 e. The van der Waals surface area contributed by atoms with Crippen molar-refractivity contribution in [1.29, 1.82) is 0 Å². The van der Waals surface area contributed by atoms with E-state index in [9.17, 15) is 13.6 Å². The summed E-state index contributed by atoms with van der Waals surface area (Å²) in [4.78, 5) is 11.8. The molecule has 5 N–H and O–H groups in total. The maximum Gasteiger partial charge on any atom is 0.319 e. The molecule has 2 aromatic rings. The molecule has 175 valence electrons. The fraction of sp³-hybridized carbons (Fsp3) is 0.273. The van der Waals surface area contributed by atoms with Gasteiger partial charge in [-0.15, -0.1) is 0 Å². The minimum atomic E-state index is -1.34. The average Bonchev–Trinajstić information content (AvgIpc) is 2.61. The molecule has 0 spiro atoms. The largest absolute Gasteiger partial charge is 0.497 e. The number of amides is 2. The van der Waals surface area contributed by atoms with E-state index >= 15 is 0 Å². The van der Waals surface area contributed by atoms with Crippen LogP contribution in [0.2, 0.25) is 0 Å². The van der Waals surface area contributed by atoms with Crippen LogP contribution in [0, 0.1) is 13.2 Å². The number of ether oxygens (including phenoxy) is 1. The summed E-state index contributed by atoms with van der Waals surface area (Å²) in [5, 5.41) is 8.23. The van der Waals surface area contributed by atoms with Crippen molar-refractivity contribution in [3.8, 4) is 5.75 Å². The fourth-order valence-corrected chi connectivity index (χ4v) is 2.56. The van der Waals surface area contributed by atoms with Gasteiger partial charge in [-0.05, 0) is 44.5 Å². The van der Waals surface area contributed by atoms with Gasteiger partial charge in [-0.3, -0.25) is 0 Å². The number of hydrogen-bond acceptors (Lipinski definition) is 4. The van der Waals surface area contributed by atoms with Crippen LogP contribution < -0.4 is 26.4 Å². The first kappa shape index (κ1) is 28.3. The number of alkyl halides is 1. The van der Waals surface area contributed by atoms with Gasteiger partial charge in [0.05, 0.1) is 12.7 Å². The molecule has 0 saturated carbocycles. The van der Waals surface area contributed by atoms with Gasteiger partial charge in [-0.25, -0.2) is 13.6 Å². The number of carbonyl (C=O) groups excluding carboxylic acids is 1. The maximum absolute atomic E-state index is 14.3. The third-order valence-corrected chi connectivity index (χ3v) is 4.07. The first-order valence-electron chi connectivity index (χ1n) is 9.02. The van der Waals surface area contributed by atoms with Crippen molar-refractivity contribution in [2.75, 3.05) is 30.0 Å². The molecule has 0 unspecified atom stereocenters. The number of hydrogen-bond donors (Lipinski definition) is 4. The standard InChI is InChI=1S/C21H26F2N4O2.CH3.V.3H2/c1-13(19-17(22)11-16(29-4)12-18(19)24)26-14-5-7-15(8-6-14)27-20(28)25-10-9-21(2,3)23;;;;;/h5-8,11-12,26H,1,9-10,24H2,2-4H3,(H2,25,27,28);1H3;;3*1H/q;-1;;;;. The number of anilines is 3. The van der Waals surface area contributed by atoms with Crippen LogP contribution in [-0.4, -0.2) is 25.4 Å². The number of urea groups is 1. The molecule has 0 atom stereocenters. The number of carbonyl (C=O) groups is 1. The number of rotatable bonds is 8. The van der Waals surface area contributed by atoms with Gasteiger partial charge in [0, 0.05) is 64.3 Å². The Kier molecular flexibility index (Phi) is 11.2. The normalized spacial score (nSPS) is 10.2. The van der Waals surface area contributed by atoms with Gasteiger partial charge >= 0.3 is 6.03 Å². The molecule has 0 fully saturated rings. The molecule has 0 aliphatic rings. The minimum absolute atomic E-state index is 0. The fourth-order valence-electron chi connectivity index (χ4n) is 2.56. The monoisotopic (exact) mass is 476 g/mol. The van der Waals surface area contributed by atoms with Crippen LogP contribution in [0.1, 0.15) is 30.1 Å². The van der Waals surface area contributed by atoms with Crippen molar-refractivity contribution >= 4 is 28.8 Å². The molecule has 0 aliphatic carbocycles. The molecule has 0 aromatic heterocycles. The summed E-state index contributed by atoms with van der Waals surface area (Å²) in [5.74, 6) is -0.230. The van der Waals surface area contributed by atoms with Crippen LogP contribution in [0.3, 0.4) is 0 Å². The summed E-state index contributed by atoms with van der Waals surface area (Å²) in [5.41, 5.74) is 6.39. The molecule has 31 heavy (non-hydrogen) atoms. The SMILES string of the molecule is C=C(Nc1ccc(NC(=O)NCCC(C)(C)F)cc1)c1c(N)cc(OC)cc1F.[CH3-].[HH].[HH].[HH].[V]. The van der Waals surface area contributed by atoms with Crippen molar-refractivity contribution in [3.05, 3.63) is 61.8 Å². The molecule has 9 heteroatoms. The van der Waals surface area contributed by atoms with Crippen molar-refractivity contribution in [2.24, 2.45) is 0 Å². The third kappa shape index (κ3) is 8.90.